The molecule has 0 bridgehead atoms. The Morgan fingerprint density at radius 1 is 1.18 bits per heavy atom. The van der Waals surface area contributed by atoms with Gasteiger partial charge in [0.25, 0.3) is 5.56 Å². The average molecular weight is 409 g/mol. The summed E-state index contributed by atoms with van der Waals surface area (Å²) in [4.78, 5) is 16.5. The molecule has 3 aromatic rings. The summed E-state index contributed by atoms with van der Waals surface area (Å²) in [5.41, 5.74) is 2.28. The van der Waals surface area contributed by atoms with Gasteiger partial charge in [-0.25, -0.2) is 0 Å². The van der Waals surface area contributed by atoms with Crippen LogP contribution in [0.2, 0.25) is 0 Å². The molecule has 142 valence electrons. The summed E-state index contributed by atoms with van der Waals surface area (Å²) in [5, 5.41) is 1.00. The Kier molecular flexibility index (Phi) is 5.24. The van der Waals surface area contributed by atoms with Gasteiger partial charge in [0.15, 0.2) is 12.7 Å². The minimum absolute atomic E-state index is 0.0760. The van der Waals surface area contributed by atoms with Gasteiger partial charge < -0.3 is 4.90 Å². The molecule has 3 heterocycles. The van der Waals surface area contributed by atoms with Gasteiger partial charge in [0.1, 0.15) is 14.2 Å². The van der Waals surface area contributed by atoms with Crippen LogP contribution in [0.15, 0.2) is 71.0 Å². The average Bonchev–Trinajstić information content (AvgIpc) is 3.20. The number of thioether (sulfide) groups is 1. The molecule has 28 heavy (non-hydrogen) atoms. The van der Waals surface area contributed by atoms with Crippen LogP contribution in [0.4, 0.5) is 5.69 Å². The molecule has 0 spiro atoms. The highest BCUT2D eigenvalue weighted by molar-refractivity contribution is 8.08. The van der Waals surface area contributed by atoms with Crippen molar-refractivity contribution in [2.45, 2.75) is 24.9 Å². The van der Waals surface area contributed by atoms with Crippen LogP contribution in [0.3, 0.4) is 0 Å². The van der Waals surface area contributed by atoms with Gasteiger partial charge in [-0.3, -0.25) is 9.36 Å². The van der Waals surface area contributed by atoms with Crippen LogP contribution in [0.25, 0.3) is 11.1 Å². The Labute approximate surface area is 172 Å². The first kappa shape index (κ1) is 18.8. The topological polar surface area (TPSA) is 29.1 Å². The van der Waals surface area contributed by atoms with Crippen molar-refractivity contribution < 1.29 is 4.57 Å². The van der Waals surface area contributed by atoms with Gasteiger partial charge in [0, 0.05) is 36.7 Å². The van der Waals surface area contributed by atoms with E-state index in [1.165, 1.54) is 4.90 Å². The molecule has 2 aromatic heterocycles. The van der Waals surface area contributed by atoms with Crippen LogP contribution in [0.1, 0.15) is 12.6 Å². The summed E-state index contributed by atoms with van der Waals surface area (Å²) in [5.74, 6) is 0. The number of pyridine rings is 1. The minimum Gasteiger partial charge on any atom is -0.337 e. The molecule has 0 aliphatic carbocycles. The summed E-state index contributed by atoms with van der Waals surface area (Å²) in [7, 11) is 2.03. The molecule has 4 nitrogen and oxygen atoms in total. The third-order valence-corrected chi connectivity index (χ3v) is 7.22. The maximum absolute atomic E-state index is 13.2. The lowest BCUT2D eigenvalue weighted by molar-refractivity contribution is -0.688. The number of fused-ring (bicyclic) bond motifs is 1. The number of hydrogen-bond donors (Lipinski definition) is 0. The molecule has 0 amide bonds. The van der Waals surface area contributed by atoms with E-state index >= 15 is 0 Å². The molecular weight excluding hydrogens is 386 g/mol. The van der Waals surface area contributed by atoms with Crippen molar-refractivity contribution in [2.24, 2.45) is 0 Å². The maximum Gasteiger partial charge on any atom is 0.271 e. The first-order chi connectivity index (χ1) is 13.6. The predicted octanol–water partition coefficient (Wildman–Crippen LogP) is 2.54. The van der Waals surface area contributed by atoms with Gasteiger partial charge in [0.2, 0.25) is 5.69 Å². The maximum atomic E-state index is 13.2. The Hall–Kier alpha value is -2.57. The highest BCUT2D eigenvalue weighted by Crippen LogP contribution is 2.44. The van der Waals surface area contributed by atoms with Crippen LogP contribution < -0.4 is 24.2 Å². The van der Waals surface area contributed by atoms with Gasteiger partial charge in [0.05, 0.1) is 5.69 Å². The Balaban J connectivity index is 1.93. The fourth-order valence-electron chi connectivity index (χ4n) is 3.32. The lowest BCUT2D eigenvalue weighted by atomic mass is 10.3. The Bertz CT molecular complexity index is 1220. The van der Waals surface area contributed by atoms with Crippen LogP contribution in [-0.2, 0) is 13.1 Å². The summed E-state index contributed by atoms with van der Waals surface area (Å²) in [6.07, 6.45) is 6.00. The zero-order valence-corrected chi connectivity index (χ0v) is 17.6. The SMILES string of the molecule is C=CC[n+]1ccccc1/C=c1/s/c(=C2\Sc3ccccc3N2C)c(=O)n1CC. The van der Waals surface area contributed by atoms with Crippen LogP contribution in [0, 0.1) is 0 Å². The van der Waals surface area contributed by atoms with E-state index in [1.54, 1.807) is 23.1 Å². The van der Waals surface area contributed by atoms with Crippen molar-refractivity contribution in [3.05, 3.63) is 86.6 Å². The second-order valence-corrected chi connectivity index (χ2v) is 8.52. The van der Waals surface area contributed by atoms with Crippen molar-refractivity contribution in [2.75, 3.05) is 11.9 Å². The summed E-state index contributed by atoms with van der Waals surface area (Å²) >= 11 is 3.23. The molecular formula is C22H22N3OS2+. The molecule has 6 heteroatoms. The zero-order chi connectivity index (χ0) is 19.7. The van der Waals surface area contributed by atoms with Gasteiger partial charge in [-0.05, 0) is 31.2 Å². The fraction of sp³-hybridized carbons (Fsp3) is 0.182. The molecule has 1 aliphatic rings. The lowest BCUT2D eigenvalue weighted by Gasteiger charge is -2.11. The number of rotatable bonds is 4. The first-order valence-electron chi connectivity index (χ1n) is 9.19. The monoisotopic (exact) mass is 408 g/mol. The molecule has 0 unspecified atom stereocenters. The van der Waals surface area contributed by atoms with Crippen LogP contribution in [0.5, 0.6) is 0 Å². The van der Waals surface area contributed by atoms with E-state index in [9.17, 15) is 4.79 Å². The number of anilines is 1. The molecule has 1 aliphatic heterocycles. The van der Waals surface area contributed by atoms with Crippen molar-refractivity contribution in [3.63, 3.8) is 0 Å². The Morgan fingerprint density at radius 3 is 2.71 bits per heavy atom. The lowest BCUT2D eigenvalue weighted by Crippen LogP contribution is -2.37. The molecule has 1 aromatic carbocycles. The largest absolute Gasteiger partial charge is 0.337 e. The second-order valence-electron chi connectivity index (χ2n) is 6.46. The highest BCUT2D eigenvalue weighted by atomic mass is 32.2. The molecule has 0 fully saturated rings. The molecule has 0 N–H and O–H groups in total. The van der Waals surface area contributed by atoms with E-state index in [0.29, 0.717) is 6.54 Å². The summed E-state index contributed by atoms with van der Waals surface area (Å²) in [6, 6.07) is 14.3. The van der Waals surface area contributed by atoms with Crippen molar-refractivity contribution in [1.29, 1.82) is 0 Å². The summed E-state index contributed by atoms with van der Waals surface area (Å²) < 4.78 is 5.73. The van der Waals surface area contributed by atoms with Gasteiger partial charge >= 0.3 is 0 Å². The number of benzene rings is 1. The molecule has 4 rings (SSSR count). The molecule has 0 radical (unpaired) electrons. The van der Waals surface area contributed by atoms with Gasteiger partial charge in [-0.2, -0.15) is 4.57 Å². The predicted molar refractivity (Wildman–Crippen MR) is 118 cm³/mol. The van der Waals surface area contributed by atoms with E-state index in [0.717, 1.165) is 32.2 Å². The molecule has 0 saturated heterocycles. The fourth-order valence-corrected chi connectivity index (χ4v) is 5.78. The number of nitrogens with zero attached hydrogens (tertiary/aromatic N) is 3. The quantitative estimate of drug-likeness (QED) is 0.491. The number of thiazole rings is 1. The number of aromatic nitrogens is 2. The molecule has 0 saturated carbocycles. The molecule has 0 atom stereocenters. The summed E-state index contributed by atoms with van der Waals surface area (Å²) in [6.45, 7) is 7.23. The zero-order valence-electron chi connectivity index (χ0n) is 16.0. The normalized spacial score (nSPS) is 15.8. The van der Waals surface area contributed by atoms with E-state index in [2.05, 4.69) is 40.3 Å². The first-order valence-corrected chi connectivity index (χ1v) is 10.8. The van der Waals surface area contributed by atoms with Crippen LogP contribution in [-0.4, -0.2) is 11.6 Å². The van der Waals surface area contributed by atoms with Gasteiger partial charge in [-0.15, -0.1) is 11.3 Å². The van der Waals surface area contributed by atoms with Crippen molar-refractivity contribution in [3.8, 4) is 0 Å². The minimum atomic E-state index is 0.0760. The Morgan fingerprint density at radius 2 is 1.96 bits per heavy atom. The second kappa shape index (κ2) is 7.81. The highest BCUT2D eigenvalue weighted by Gasteiger charge is 2.24. The van der Waals surface area contributed by atoms with E-state index in [1.807, 2.05) is 55.1 Å². The number of para-hydroxylation sites is 1. The van der Waals surface area contributed by atoms with Crippen LogP contribution >= 0.6 is 23.1 Å². The van der Waals surface area contributed by atoms with Crippen molar-refractivity contribution >= 4 is 39.9 Å². The third kappa shape index (κ3) is 3.23. The van der Waals surface area contributed by atoms with Gasteiger partial charge in [-0.1, -0.05) is 30.5 Å². The van der Waals surface area contributed by atoms with E-state index < -0.39 is 0 Å². The standard InChI is InChI=1S/C22H22N3OS2/c1-4-13-24-14-9-8-10-16(24)15-19-25(5-2)21(26)20(28-19)22-23(3)17-11-6-7-12-18(17)27-22/h4,6-12,14-15H,1,5,13H2,2-3H3/q+1/b22-20-. The van der Waals surface area contributed by atoms with E-state index in [4.69, 9.17) is 0 Å². The number of hydrogen-bond acceptors (Lipinski definition) is 4. The van der Waals surface area contributed by atoms with Crippen molar-refractivity contribution in [1.82, 2.24) is 4.57 Å². The third-order valence-electron chi connectivity index (χ3n) is 4.73. The van der Waals surface area contributed by atoms with E-state index in [-0.39, 0.29) is 5.56 Å². The number of allylic oxidation sites excluding steroid dienone is 1. The smallest absolute Gasteiger partial charge is 0.271 e.